The van der Waals surface area contributed by atoms with Crippen molar-refractivity contribution in [3.63, 3.8) is 0 Å². The van der Waals surface area contributed by atoms with Crippen LogP contribution in [0.4, 0.5) is 11.6 Å². The highest BCUT2D eigenvalue weighted by Gasteiger charge is 2.15. The third-order valence-corrected chi connectivity index (χ3v) is 4.21. The fourth-order valence-electron chi connectivity index (χ4n) is 2.16. The fraction of sp³-hybridized carbons (Fsp3) is 0.267. The smallest absolute Gasteiger partial charge is 0.258 e. The first-order chi connectivity index (χ1) is 11.1. The quantitative estimate of drug-likeness (QED) is 0.919. The van der Waals surface area contributed by atoms with Crippen LogP contribution in [0.2, 0.25) is 10.0 Å². The molecule has 1 saturated heterocycles. The summed E-state index contributed by atoms with van der Waals surface area (Å²) in [5, 5.41) is 3.37. The van der Waals surface area contributed by atoms with Crippen LogP contribution >= 0.6 is 23.2 Å². The van der Waals surface area contributed by atoms with Crippen LogP contribution in [0.3, 0.4) is 0 Å². The second kappa shape index (κ2) is 7.12. The van der Waals surface area contributed by atoms with E-state index in [-0.39, 0.29) is 5.91 Å². The lowest BCUT2D eigenvalue weighted by Gasteiger charge is -2.26. The van der Waals surface area contributed by atoms with Crippen LogP contribution in [0, 0.1) is 0 Å². The van der Waals surface area contributed by atoms with Crippen molar-refractivity contribution in [3.8, 4) is 0 Å². The lowest BCUT2D eigenvalue weighted by Crippen LogP contribution is -2.37. The zero-order valence-corrected chi connectivity index (χ0v) is 13.6. The number of nitrogens with zero attached hydrogens (tertiary/aromatic N) is 3. The minimum absolute atomic E-state index is 0.299. The molecule has 8 heteroatoms. The molecule has 3 rings (SSSR count). The number of hydrogen-bond donors (Lipinski definition) is 1. The van der Waals surface area contributed by atoms with E-state index in [1.807, 2.05) is 4.90 Å². The standard InChI is InChI=1S/C15H14Cl2N4O2/c16-11-2-1-3-12(13(11)17)20-14(22)10-8-18-15(19-9-10)21-4-6-23-7-5-21/h1-3,8-9H,4-7H2,(H,20,22). The Bertz CT molecular complexity index is 703. The number of morpholine rings is 1. The first kappa shape index (κ1) is 16.0. The molecule has 6 nitrogen and oxygen atoms in total. The van der Waals surface area contributed by atoms with Crippen molar-refractivity contribution >= 4 is 40.7 Å². The summed E-state index contributed by atoms with van der Waals surface area (Å²) in [6.07, 6.45) is 2.98. The van der Waals surface area contributed by atoms with Gasteiger partial charge in [0.25, 0.3) is 5.91 Å². The number of nitrogens with one attached hydrogen (secondary N) is 1. The van der Waals surface area contributed by atoms with E-state index in [0.29, 0.717) is 40.5 Å². The number of halogens is 2. The van der Waals surface area contributed by atoms with Gasteiger partial charge in [0.05, 0.1) is 34.5 Å². The average Bonchev–Trinajstić information content (AvgIpc) is 2.60. The van der Waals surface area contributed by atoms with Gasteiger partial charge in [0.2, 0.25) is 5.95 Å². The molecule has 0 spiro atoms. The number of hydrogen-bond acceptors (Lipinski definition) is 5. The summed E-state index contributed by atoms with van der Waals surface area (Å²) in [7, 11) is 0. The second-order valence-corrected chi connectivity index (χ2v) is 5.71. The number of carbonyl (C=O) groups excluding carboxylic acids is 1. The Balaban J connectivity index is 1.71. The molecule has 1 fully saturated rings. The first-order valence-corrected chi connectivity index (χ1v) is 7.81. The van der Waals surface area contributed by atoms with E-state index in [1.54, 1.807) is 18.2 Å². The van der Waals surface area contributed by atoms with Crippen molar-refractivity contribution < 1.29 is 9.53 Å². The topological polar surface area (TPSA) is 67.4 Å². The molecule has 23 heavy (non-hydrogen) atoms. The zero-order chi connectivity index (χ0) is 16.2. The SMILES string of the molecule is O=C(Nc1cccc(Cl)c1Cl)c1cnc(N2CCOCC2)nc1. The molecule has 1 aliphatic rings. The van der Waals surface area contributed by atoms with Crippen LogP contribution < -0.4 is 10.2 Å². The van der Waals surface area contributed by atoms with Crippen molar-refractivity contribution in [2.24, 2.45) is 0 Å². The van der Waals surface area contributed by atoms with Crippen molar-refractivity contribution in [1.82, 2.24) is 9.97 Å². The molecule has 2 aromatic rings. The van der Waals surface area contributed by atoms with Crippen LogP contribution in [0.25, 0.3) is 0 Å². The van der Waals surface area contributed by atoms with Gasteiger partial charge in [0, 0.05) is 25.5 Å². The monoisotopic (exact) mass is 352 g/mol. The molecule has 1 aliphatic heterocycles. The number of ether oxygens (including phenoxy) is 1. The van der Waals surface area contributed by atoms with Gasteiger partial charge in [-0.25, -0.2) is 9.97 Å². The van der Waals surface area contributed by atoms with Gasteiger partial charge < -0.3 is 15.0 Å². The normalized spacial score (nSPS) is 14.6. The Hall–Kier alpha value is -1.89. The van der Waals surface area contributed by atoms with Gasteiger partial charge in [-0.1, -0.05) is 29.3 Å². The summed E-state index contributed by atoms with van der Waals surface area (Å²) in [6, 6.07) is 5.04. The minimum Gasteiger partial charge on any atom is -0.378 e. The van der Waals surface area contributed by atoms with Crippen molar-refractivity contribution in [2.45, 2.75) is 0 Å². The third-order valence-electron chi connectivity index (χ3n) is 3.39. The van der Waals surface area contributed by atoms with Gasteiger partial charge in [-0.15, -0.1) is 0 Å². The second-order valence-electron chi connectivity index (χ2n) is 4.93. The molecule has 1 N–H and O–H groups in total. The molecule has 1 amide bonds. The number of carbonyl (C=O) groups is 1. The Morgan fingerprint density at radius 1 is 1.17 bits per heavy atom. The minimum atomic E-state index is -0.345. The van der Waals surface area contributed by atoms with E-state index in [0.717, 1.165) is 13.1 Å². The first-order valence-electron chi connectivity index (χ1n) is 7.05. The number of benzene rings is 1. The molecule has 0 radical (unpaired) electrons. The summed E-state index contributed by atoms with van der Waals surface area (Å²) in [6.45, 7) is 2.78. The number of amides is 1. The summed E-state index contributed by atoms with van der Waals surface area (Å²) in [5.74, 6) is 0.244. The molecule has 120 valence electrons. The van der Waals surface area contributed by atoms with Crippen molar-refractivity contribution in [2.75, 3.05) is 36.5 Å². The van der Waals surface area contributed by atoms with Crippen LogP contribution in [0.15, 0.2) is 30.6 Å². The predicted molar refractivity (Wildman–Crippen MR) is 89.5 cm³/mol. The molecular weight excluding hydrogens is 339 g/mol. The maximum Gasteiger partial charge on any atom is 0.258 e. The maximum atomic E-state index is 12.2. The third kappa shape index (κ3) is 3.72. The van der Waals surface area contributed by atoms with Gasteiger partial charge in [-0.05, 0) is 12.1 Å². The lowest BCUT2D eigenvalue weighted by molar-refractivity contribution is 0.102. The van der Waals surface area contributed by atoms with E-state index in [2.05, 4.69) is 15.3 Å². The van der Waals surface area contributed by atoms with E-state index in [9.17, 15) is 4.79 Å². The van der Waals surface area contributed by atoms with Crippen molar-refractivity contribution in [3.05, 3.63) is 46.2 Å². The Morgan fingerprint density at radius 3 is 2.57 bits per heavy atom. The summed E-state index contributed by atoms with van der Waals surface area (Å²) in [4.78, 5) is 22.7. The molecule has 0 unspecified atom stereocenters. The summed E-state index contributed by atoms with van der Waals surface area (Å²) in [5.41, 5.74) is 0.791. The number of aromatic nitrogens is 2. The molecule has 0 aliphatic carbocycles. The lowest BCUT2D eigenvalue weighted by atomic mass is 10.2. The van der Waals surface area contributed by atoms with Crippen molar-refractivity contribution in [1.29, 1.82) is 0 Å². The molecule has 0 atom stereocenters. The highest BCUT2D eigenvalue weighted by molar-refractivity contribution is 6.44. The molecule has 0 saturated carbocycles. The average molecular weight is 353 g/mol. The van der Waals surface area contributed by atoms with Crippen LogP contribution in [0.1, 0.15) is 10.4 Å². The number of anilines is 2. The Kier molecular flexibility index (Phi) is 4.95. The highest BCUT2D eigenvalue weighted by Crippen LogP contribution is 2.29. The molecule has 1 aromatic heterocycles. The van der Waals surface area contributed by atoms with Gasteiger partial charge in [0.15, 0.2) is 0 Å². The fourth-order valence-corrected chi connectivity index (χ4v) is 2.51. The van der Waals surface area contributed by atoms with E-state index < -0.39 is 0 Å². The number of rotatable bonds is 3. The van der Waals surface area contributed by atoms with E-state index in [4.69, 9.17) is 27.9 Å². The zero-order valence-electron chi connectivity index (χ0n) is 12.1. The van der Waals surface area contributed by atoms with E-state index >= 15 is 0 Å². The van der Waals surface area contributed by atoms with Gasteiger partial charge >= 0.3 is 0 Å². The summed E-state index contributed by atoms with van der Waals surface area (Å²) < 4.78 is 5.29. The Labute approximate surface area is 143 Å². The predicted octanol–water partition coefficient (Wildman–Crippen LogP) is 2.87. The molecule has 2 heterocycles. The van der Waals surface area contributed by atoms with Crippen LogP contribution in [-0.2, 0) is 4.74 Å². The molecule has 1 aromatic carbocycles. The van der Waals surface area contributed by atoms with Gasteiger partial charge in [-0.3, -0.25) is 4.79 Å². The van der Waals surface area contributed by atoms with E-state index in [1.165, 1.54) is 12.4 Å². The van der Waals surface area contributed by atoms with Crippen LogP contribution in [0.5, 0.6) is 0 Å². The van der Waals surface area contributed by atoms with Gasteiger partial charge in [-0.2, -0.15) is 0 Å². The van der Waals surface area contributed by atoms with Crippen LogP contribution in [-0.4, -0.2) is 42.2 Å². The Morgan fingerprint density at radius 2 is 1.87 bits per heavy atom. The largest absolute Gasteiger partial charge is 0.378 e. The van der Waals surface area contributed by atoms with Gasteiger partial charge in [0.1, 0.15) is 0 Å². The highest BCUT2D eigenvalue weighted by atomic mass is 35.5. The molecular formula is C15H14Cl2N4O2. The molecule has 0 bridgehead atoms. The maximum absolute atomic E-state index is 12.2. The summed E-state index contributed by atoms with van der Waals surface area (Å²) >= 11 is 12.0.